The number of rotatable bonds is 7. The quantitative estimate of drug-likeness (QED) is 0.515. The van der Waals surface area contributed by atoms with E-state index in [1.165, 1.54) is 6.92 Å². The molecule has 0 heterocycles. The Bertz CT molecular complexity index is 695. The summed E-state index contributed by atoms with van der Waals surface area (Å²) in [5.41, 5.74) is -0.607. The zero-order chi connectivity index (χ0) is 20.1. The number of hydrogen-bond acceptors (Lipinski definition) is 4. The van der Waals surface area contributed by atoms with Crippen LogP contribution < -0.4 is 0 Å². The van der Waals surface area contributed by atoms with E-state index in [1.807, 2.05) is 13.0 Å². The van der Waals surface area contributed by atoms with E-state index in [2.05, 4.69) is 6.58 Å². The van der Waals surface area contributed by atoms with Gasteiger partial charge < -0.3 is 9.47 Å². The third kappa shape index (κ3) is 5.61. The van der Waals surface area contributed by atoms with Crippen LogP contribution in [-0.2, 0) is 14.3 Å². The van der Waals surface area contributed by atoms with Gasteiger partial charge in [0.15, 0.2) is 0 Å². The van der Waals surface area contributed by atoms with Crippen LogP contribution in [0.5, 0.6) is 0 Å². The largest absolute Gasteiger partial charge is 0.462 e. The Labute approximate surface area is 151 Å². The predicted molar refractivity (Wildman–Crippen MR) is 90.8 cm³/mol. The van der Waals surface area contributed by atoms with E-state index in [0.717, 1.165) is 11.1 Å². The molecule has 0 aliphatic carbocycles. The molecule has 0 saturated carbocycles. The summed E-state index contributed by atoms with van der Waals surface area (Å²) in [5.74, 6) is -2.06. The van der Waals surface area contributed by atoms with Crippen molar-refractivity contribution in [3.63, 3.8) is 0 Å². The summed E-state index contributed by atoms with van der Waals surface area (Å²) >= 11 is 0. The molecule has 0 spiro atoms. The van der Waals surface area contributed by atoms with Crippen molar-refractivity contribution in [3.05, 3.63) is 47.0 Å². The van der Waals surface area contributed by atoms with Gasteiger partial charge in [-0.1, -0.05) is 25.6 Å². The number of halogens is 3. The summed E-state index contributed by atoms with van der Waals surface area (Å²) in [4.78, 5) is 23.8. The molecule has 1 unspecified atom stereocenters. The second-order valence-electron chi connectivity index (χ2n) is 6.30. The normalized spacial score (nSPS) is 13.7. The predicted octanol–water partition coefficient (Wildman–Crippen LogP) is 4.68. The van der Waals surface area contributed by atoms with Crippen molar-refractivity contribution in [1.82, 2.24) is 0 Å². The standard InChI is InChI=1S/C19H23F3O4/c1-6-18(5,26-16(23)14(4)19(20,21)22)10-11-25-17(24)15-9-7-8-12(2)13(15)3/h7-9H,4,6,10-11H2,1-3,5H3. The lowest BCUT2D eigenvalue weighted by Crippen LogP contribution is -2.35. The van der Waals surface area contributed by atoms with Crippen molar-refractivity contribution in [3.8, 4) is 0 Å². The van der Waals surface area contributed by atoms with E-state index >= 15 is 0 Å². The van der Waals surface area contributed by atoms with Crippen LogP contribution in [0.3, 0.4) is 0 Å². The fourth-order valence-corrected chi connectivity index (χ4v) is 2.11. The first-order chi connectivity index (χ1) is 11.9. The minimum absolute atomic E-state index is 0.0664. The Morgan fingerprint density at radius 3 is 2.35 bits per heavy atom. The van der Waals surface area contributed by atoms with Gasteiger partial charge in [-0.05, 0) is 44.4 Å². The molecule has 0 aromatic heterocycles. The SMILES string of the molecule is C=C(C(=O)OC(C)(CC)CCOC(=O)c1cccc(C)c1C)C(F)(F)F. The molecule has 1 aromatic rings. The minimum Gasteiger partial charge on any atom is -0.462 e. The molecule has 26 heavy (non-hydrogen) atoms. The maximum Gasteiger partial charge on any atom is 0.422 e. The summed E-state index contributed by atoms with van der Waals surface area (Å²) in [6.45, 7) is 9.45. The number of alkyl halides is 3. The monoisotopic (exact) mass is 372 g/mol. The molecule has 1 atom stereocenters. The zero-order valence-electron chi connectivity index (χ0n) is 15.3. The van der Waals surface area contributed by atoms with Crippen LogP contribution in [0.1, 0.15) is 48.2 Å². The Hall–Kier alpha value is -2.31. The van der Waals surface area contributed by atoms with Crippen LogP contribution in [0.2, 0.25) is 0 Å². The second-order valence-corrected chi connectivity index (χ2v) is 6.30. The van der Waals surface area contributed by atoms with Crippen LogP contribution in [0.25, 0.3) is 0 Å². The minimum atomic E-state index is -4.85. The van der Waals surface area contributed by atoms with Crippen molar-refractivity contribution in [1.29, 1.82) is 0 Å². The van der Waals surface area contributed by atoms with Crippen LogP contribution in [0.15, 0.2) is 30.4 Å². The summed E-state index contributed by atoms with van der Waals surface area (Å²) in [7, 11) is 0. The molecular weight excluding hydrogens is 349 g/mol. The smallest absolute Gasteiger partial charge is 0.422 e. The first-order valence-electron chi connectivity index (χ1n) is 8.14. The van der Waals surface area contributed by atoms with E-state index in [0.29, 0.717) is 5.56 Å². The van der Waals surface area contributed by atoms with Gasteiger partial charge >= 0.3 is 18.1 Å². The molecule has 7 heteroatoms. The molecule has 144 valence electrons. The Morgan fingerprint density at radius 2 is 1.81 bits per heavy atom. The maximum atomic E-state index is 12.5. The van der Waals surface area contributed by atoms with Gasteiger partial charge in [-0.3, -0.25) is 0 Å². The molecule has 0 N–H and O–H groups in total. The van der Waals surface area contributed by atoms with Crippen molar-refractivity contribution in [2.45, 2.75) is 52.3 Å². The van der Waals surface area contributed by atoms with Gasteiger partial charge in [0.1, 0.15) is 11.2 Å². The fraction of sp³-hybridized carbons (Fsp3) is 0.474. The number of ether oxygens (including phenoxy) is 2. The average Bonchev–Trinajstić information content (AvgIpc) is 2.55. The molecule has 0 radical (unpaired) electrons. The highest BCUT2D eigenvalue weighted by Crippen LogP contribution is 2.28. The number of hydrogen-bond donors (Lipinski definition) is 0. The molecule has 0 amide bonds. The third-order valence-corrected chi connectivity index (χ3v) is 4.36. The number of aryl methyl sites for hydroxylation is 1. The van der Waals surface area contributed by atoms with E-state index in [4.69, 9.17) is 9.47 Å². The number of carbonyl (C=O) groups excluding carboxylic acids is 2. The molecule has 0 aliphatic heterocycles. The Kier molecular flexibility index (Phi) is 7.00. The van der Waals surface area contributed by atoms with Gasteiger partial charge in [0.2, 0.25) is 0 Å². The highest BCUT2D eigenvalue weighted by Gasteiger charge is 2.40. The van der Waals surface area contributed by atoms with E-state index in [1.54, 1.807) is 26.0 Å². The van der Waals surface area contributed by atoms with Gasteiger partial charge in [-0.25, -0.2) is 9.59 Å². The number of carbonyl (C=O) groups is 2. The highest BCUT2D eigenvalue weighted by atomic mass is 19.4. The van der Waals surface area contributed by atoms with Crippen molar-refractivity contribution < 1.29 is 32.2 Å². The fourth-order valence-electron chi connectivity index (χ4n) is 2.11. The van der Waals surface area contributed by atoms with Crippen molar-refractivity contribution >= 4 is 11.9 Å². The summed E-state index contributed by atoms with van der Waals surface area (Å²) in [6.07, 6.45) is -4.53. The third-order valence-electron chi connectivity index (χ3n) is 4.36. The topological polar surface area (TPSA) is 52.6 Å². The van der Waals surface area contributed by atoms with Gasteiger partial charge in [0, 0.05) is 6.42 Å². The zero-order valence-corrected chi connectivity index (χ0v) is 15.3. The highest BCUT2D eigenvalue weighted by molar-refractivity contribution is 5.91. The van der Waals surface area contributed by atoms with Crippen LogP contribution in [0, 0.1) is 13.8 Å². The molecule has 0 bridgehead atoms. The van der Waals surface area contributed by atoms with E-state index < -0.39 is 29.3 Å². The lowest BCUT2D eigenvalue weighted by molar-refractivity contribution is -0.165. The lowest BCUT2D eigenvalue weighted by atomic mass is 9.99. The van der Waals surface area contributed by atoms with Crippen LogP contribution >= 0.6 is 0 Å². The molecule has 0 fully saturated rings. The average molecular weight is 372 g/mol. The summed E-state index contributed by atoms with van der Waals surface area (Å²) in [5, 5.41) is 0. The lowest BCUT2D eigenvalue weighted by Gasteiger charge is -2.28. The molecular formula is C19H23F3O4. The molecule has 4 nitrogen and oxygen atoms in total. The molecule has 1 rings (SSSR count). The van der Waals surface area contributed by atoms with Gasteiger partial charge in [0.25, 0.3) is 0 Å². The van der Waals surface area contributed by atoms with Gasteiger partial charge in [-0.15, -0.1) is 0 Å². The summed E-state index contributed by atoms with van der Waals surface area (Å²) in [6, 6.07) is 5.24. The summed E-state index contributed by atoms with van der Waals surface area (Å²) < 4.78 is 47.7. The molecule has 0 aliphatic rings. The number of esters is 2. The Balaban J connectivity index is 2.68. The molecule has 1 aromatic carbocycles. The van der Waals surface area contributed by atoms with E-state index in [-0.39, 0.29) is 19.4 Å². The molecule has 0 saturated heterocycles. The van der Waals surface area contributed by atoms with Crippen LogP contribution in [0.4, 0.5) is 13.2 Å². The Morgan fingerprint density at radius 1 is 1.19 bits per heavy atom. The second kappa shape index (κ2) is 8.38. The van der Waals surface area contributed by atoms with Crippen LogP contribution in [-0.4, -0.2) is 30.3 Å². The first kappa shape index (κ1) is 21.7. The van der Waals surface area contributed by atoms with Crippen molar-refractivity contribution in [2.24, 2.45) is 0 Å². The first-order valence-corrected chi connectivity index (χ1v) is 8.14. The van der Waals surface area contributed by atoms with Gasteiger partial charge in [-0.2, -0.15) is 13.2 Å². The number of benzene rings is 1. The van der Waals surface area contributed by atoms with E-state index in [9.17, 15) is 22.8 Å². The van der Waals surface area contributed by atoms with Crippen molar-refractivity contribution in [2.75, 3.05) is 6.61 Å². The van der Waals surface area contributed by atoms with Gasteiger partial charge in [0.05, 0.1) is 12.2 Å². The maximum absolute atomic E-state index is 12.5.